The normalized spacial score (nSPS) is 12.6. The van der Waals surface area contributed by atoms with Gasteiger partial charge in [0.2, 0.25) is 0 Å². The van der Waals surface area contributed by atoms with Gasteiger partial charge < -0.3 is 65.6 Å². The molecule has 1 nitrogen and oxygen atoms in total. The molecule has 6 unspecified atom stereocenters. The first-order valence-electron chi connectivity index (χ1n) is 33.1. The third kappa shape index (κ3) is 41.2. The van der Waals surface area contributed by atoms with E-state index in [0.29, 0.717) is 0 Å². The summed E-state index contributed by atoms with van der Waals surface area (Å²) < 4.78 is 0. The molecule has 15 aromatic carbocycles. The maximum Gasteiger partial charge on any atom is 0.0558 e. The number of hydrogen-bond acceptors (Lipinski definition) is 1. The Bertz CT molecular complexity index is 4710. The van der Waals surface area contributed by atoms with Crippen molar-refractivity contribution < 1.29 is 883 Å². The predicted molar refractivity (Wildman–Crippen MR) is 388 cm³/mol. The van der Waals surface area contributed by atoms with Crippen molar-refractivity contribution in [3.05, 3.63) is 501 Å². The first kappa shape index (κ1) is 165. The van der Waals surface area contributed by atoms with Crippen LogP contribution in [-0.4, -0.2) is 6.71 Å². The summed E-state index contributed by atoms with van der Waals surface area (Å²) in [5, 5.41) is 0. The van der Waals surface area contributed by atoms with Crippen LogP contribution in [0.25, 0.3) is 0 Å². The Balaban J connectivity index is -0.000000156. The fourth-order valence-corrected chi connectivity index (χ4v) is 15.4. The molecule has 19 rings (SSSR count). The molecule has 27 radical (unpaired) electrons. The zero-order chi connectivity index (χ0) is 65.1. The second kappa shape index (κ2) is 87.1. The van der Waals surface area contributed by atoms with Gasteiger partial charge in [0, 0.05) is 889 Å². The van der Waals surface area contributed by atoms with E-state index in [9.17, 15) is 0 Å². The summed E-state index contributed by atoms with van der Waals surface area (Å²) in [6.07, 6.45) is 0. The third-order valence-corrected chi connectivity index (χ3v) is 19.3. The van der Waals surface area contributed by atoms with E-state index < -0.39 is 0 Å². The first-order valence-corrected chi connectivity index (χ1v) is 33.1. The van der Waals surface area contributed by atoms with Crippen LogP contribution in [-0.2, 0) is 883 Å². The van der Waals surface area contributed by atoms with Crippen molar-refractivity contribution in [3.8, 4) is 0 Å². The zero-order valence-electron chi connectivity index (χ0n) is 68.8. The van der Waals surface area contributed by atoms with E-state index in [0.717, 1.165) is 55.9 Å². The van der Waals surface area contributed by atoms with Gasteiger partial charge in [0.05, 0.1) is 6.71 Å². The summed E-state index contributed by atoms with van der Waals surface area (Å²) in [7, 11) is 0. The second-order valence-corrected chi connectivity index (χ2v) is 24.7. The number of benzene rings is 15. The zero-order valence-corrected chi connectivity index (χ0v) is 145. The van der Waals surface area contributed by atoms with Gasteiger partial charge in [-0.3, -0.25) is 130 Å². The van der Waals surface area contributed by atoms with Gasteiger partial charge in [-0.05, 0) is 11.1 Å². The average Bonchev–Trinajstić information content (AvgIpc) is 0.708. The monoisotopic (exact) mass is 3630 g/mol. The number of hydrogen-bond donors (Lipinski definition) is 0. The van der Waals surface area contributed by atoms with Crippen LogP contribution in [0.2, 0.25) is 0 Å². The molecule has 29 heteroatoms. The second-order valence-electron chi connectivity index (χ2n) is 24.7. The molecule has 6 atom stereocenters. The minimum Gasteiger partial charge on any atom is -0.464 e. The fraction of sp³-hybridized carbons (Fsp3) is 0.0625. The number of para-hydroxylation sites is 1. The number of anilines is 3. The van der Waals surface area contributed by atoms with E-state index in [1.165, 1.54) is 77.7 Å². The Labute approximate surface area is 1420 Å². The van der Waals surface area contributed by atoms with Gasteiger partial charge in [0.25, 0.3) is 0 Å². The Hall–Kier alpha value is 18.0. The van der Waals surface area contributed by atoms with Crippen LogP contribution in [0.3, 0.4) is 0 Å². The summed E-state index contributed by atoms with van der Waals surface area (Å²) in [4.78, 5) is 2.31. The van der Waals surface area contributed by atoms with Crippen molar-refractivity contribution in [2.45, 2.75) is 35.5 Å². The molecule has 0 saturated heterocycles. The van der Waals surface area contributed by atoms with Crippen molar-refractivity contribution in [3.63, 3.8) is 0 Å². The summed E-state index contributed by atoms with van der Waals surface area (Å²) in [6, 6.07) is 162. The van der Waals surface area contributed by atoms with E-state index in [1.807, 2.05) is 158 Å². The van der Waals surface area contributed by atoms with Crippen LogP contribution in [0.4, 0.5) is 17.1 Å². The van der Waals surface area contributed by atoms with Gasteiger partial charge in [-0.25, -0.2) is 11.1 Å². The molecule has 4 aliphatic heterocycles. The smallest absolute Gasteiger partial charge is 0.0558 e. The van der Waals surface area contributed by atoms with Crippen LogP contribution in [0.5, 0.6) is 0 Å². The van der Waals surface area contributed by atoms with Crippen molar-refractivity contribution >= 4 is 40.2 Å². The number of nitrogens with zero attached hydrogens (tertiary/aromatic N) is 1. The van der Waals surface area contributed by atoms with Gasteiger partial charge in [-0.15, -0.1) is 0 Å². The van der Waals surface area contributed by atoms with Gasteiger partial charge in [-0.2, -0.15) is 227 Å². The quantitative estimate of drug-likeness (QED) is 0.0749. The van der Waals surface area contributed by atoms with Crippen LogP contribution < -0.4 is 21.3 Å². The summed E-state index contributed by atoms with van der Waals surface area (Å²) in [6.45, 7) is 0.0797. The third-order valence-electron chi connectivity index (χ3n) is 19.3. The molecule has 4 aliphatic rings. The number of rotatable bonds is 10. The first-order chi connectivity index (χ1) is 48.7. The molecule has 15 aromatic rings. The molecule has 0 fully saturated rings. The summed E-state index contributed by atoms with van der Waals surface area (Å²) in [5.74, 6) is 0.304. The maximum absolute atomic E-state index is 3.60. The standard InChI is InChI=1S/C32H17B.C32H17N.C32H20.27Y/c2*1-3-12-22(13-4-1)30-24-16-7-9-20-28(24)33-29-21-10-8-17-25(29)31(23-14-5-2-6-15-23)27-19-11-18-26(30)32(27)33;1-5-14-25(15-6-1)31(26-16-7-2-8-17-26)29-22-13-23-30(24-29)32(27-18-9-3-10-19-27)28-20-11-4-12-21-28;;;;;;;;;;;;;;;;;;;;;;;;;;;/h2*1-12,14,18-19,30-31H;1-7,9-11,13-14,17-18,21-24,31-32H;;;;;;;;;;;;;;;;;;;;;;;;;;;/q3*-6;;;;;;;;;;;;;;;;;;;;;;;;;;;. The SMILES string of the molecule is [Y].[Y].[Y].[Y].[Y].[Y].[Y].[Y].[Y].[Y].[Y].[Y].[Y].[Y].[Y].[Y].[Y].[Y].[Y].[Y].[Y].[Y].[Y].[Y].[Y].[Y].[Y].[c-]1cc[c-]c(C(c2[c-]cccc2)c2cccc(C(c3[c-]cc[c-]c3)c3[c-]cccc3)c2)c1.[c-]1ccccc1C1c2[c-]cc[c-]c2B2c3[c-]cc[c-]c3C(c3[c-]cccc3)c3cccc1c32.[c-]1ccccc1C1c2[c-]cc[c-]c2N2c3[c-]cc[c-]c3C(c3[c-]cccc3)c3cccc1c32. The van der Waals surface area contributed by atoms with E-state index in [1.54, 1.807) is 0 Å². The van der Waals surface area contributed by atoms with Crippen LogP contribution in [0, 0.1) is 109 Å². The fourth-order valence-electron chi connectivity index (χ4n) is 15.4. The van der Waals surface area contributed by atoms with Crippen molar-refractivity contribution in [1.29, 1.82) is 0 Å². The summed E-state index contributed by atoms with van der Waals surface area (Å²) in [5.41, 5.74) is 28.1. The molecule has 0 bridgehead atoms. The van der Waals surface area contributed by atoms with Crippen LogP contribution in [0.1, 0.15) is 136 Å². The molecule has 0 aromatic heterocycles. The molecule has 0 N–H and O–H groups in total. The Morgan fingerprint density at radius 3 is 0.800 bits per heavy atom. The van der Waals surface area contributed by atoms with Crippen molar-refractivity contribution in [2.24, 2.45) is 0 Å². The Kier molecular flexibility index (Phi) is 115. The van der Waals surface area contributed by atoms with Crippen LogP contribution >= 0.6 is 0 Å². The maximum atomic E-state index is 3.60. The molecule has 4 heterocycles. The molecule has 0 amide bonds. The van der Waals surface area contributed by atoms with Crippen LogP contribution in [0.15, 0.2) is 291 Å². The Morgan fingerprint density at radius 1 is 0.224 bits per heavy atom. The van der Waals surface area contributed by atoms with E-state index in [4.69, 9.17) is 0 Å². The minimum atomic E-state index is 0. The molecule has 125 heavy (non-hydrogen) atoms. The molecule has 0 spiro atoms. The van der Waals surface area contributed by atoms with Crippen molar-refractivity contribution in [1.82, 2.24) is 0 Å². The predicted octanol–water partition coefficient (Wildman–Crippen LogP) is 17.7. The molecular weight excluding hydrogens is 3580 g/mol. The largest absolute Gasteiger partial charge is 0.464 e. The van der Waals surface area contributed by atoms with E-state index in [-0.39, 0.29) is 925 Å². The van der Waals surface area contributed by atoms with Gasteiger partial charge >= 0.3 is 0 Å². The summed E-state index contributed by atoms with van der Waals surface area (Å²) >= 11 is 0. The molecule has 0 saturated carbocycles. The molecular formula is C96H54BNY27-18. The van der Waals surface area contributed by atoms with E-state index >= 15 is 0 Å². The van der Waals surface area contributed by atoms with Gasteiger partial charge in [0.15, 0.2) is 0 Å². The Morgan fingerprint density at radius 2 is 0.496 bits per heavy atom. The number of fused-ring (bicyclic) bond motifs is 8. The van der Waals surface area contributed by atoms with Gasteiger partial charge in [-0.1, -0.05) is 124 Å². The topological polar surface area (TPSA) is 3.24 Å². The van der Waals surface area contributed by atoms with E-state index in [2.05, 4.69) is 248 Å². The molecule has 545 valence electrons. The molecule has 0 aliphatic carbocycles. The minimum absolute atomic E-state index is 0. The van der Waals surface area contributed by atoms with Gasteiger partial charge in [0.1, 0.15) is 0 Å². The average molecular weight is 3630 g/mol. The van der Waals surface area contributed by atoms with Crippen molar-refractivity contribution in [2.75, 3.05) is 4.90 Å².